The molecule has 0 bridgehead atoms. The van der Waals surface area contributed by atoms with Crippen LogP contribution in [-0.4, -0.2) is 38.3 Å². The standard InChI is InChI=1S/C16H25NO2/c1-5-17(6-2)13-8-9-14-12(11-13)7-10-15(18-3)16(14)19-4/h7,10,13H,5-6,8-9,11H2,1-4H3. The van der Waals surface area contributed by atoms with Gasteiger partial charge in [0, 0.05) is 11.6 Å². The zero-order valence-electron chi connectivity index (χ0n) is 12.5. The molecule has 0 aliphatic heterocycles. The summed E-state index contributed by atoms with van der Waals surface area (Å²) >= 11 is 0. The van der Waals surface area contributed by atoms with Gasteiger partial charge in [-0.3, -0.25) is 0 Å². The van der Waals surface area contributed by atoms with Gasteiger partial charge in [-0.25, -0.2) is 0 Å². The first-order valence-electron chi connectivity index (χ1n) is 7.21. The maximum Gasteiger partial charge on any atom is 0.164 e. The van der Waals surface area contributed by atoms with E-state index in [0.29, 0.717) is 6.04 Å². The summed E-state index contributed by atoms with van der Waals surface area (Å²) in [6, 6.07) is 4.90. The molecule has 1 aromatic rings. The minimum atomic E-state index is 0.667. The first kappa shape index (κ1) is 14.2. The number of benzene rings is 1. The Kier molecular flexibility index (Phi) is 4.70. The lowest BCUT2D eigenvalue weighted by molar-refractivity contribution is 0.197. The summed E-state index contributed by atoms with van der Waals surface area (Å²) in [4.78, 5) is 2.56. The van der Waals surface area contributed by atoms with Crippen LogP contribution >= 0.6 is 0 Å². The fourth-order valence-electron chi connectivity index (χ4n) is 3.22. The van der Waals surface area contributed by atoms with Gasteiger partial charge in [0.2, 0.25) is 0 Å². The monoisotopic (exact) mass is 263 g/mol. The molecule has 0 spiro atoms. The maximum atomic E-state index is 5.54. The average Bonchev–Trinajstić information content (AvgIpc) is 2.47. The van der Waals surface area contributed by atoms with Crippen molar-refractivity contribution in [2.24, 2.45) is 0 Å². The van der Waals surface area contributed by atoms with Crippen LogP contribution in [0.25, 0.3) is 0 Å². The molecule has 1 atom stereocenters. The Bertz CT molecular complexity index is 427. The van der Waals surface area contributed by atoms with E-state index in [2.05, 4.69) is 24.8 Å². The third-order valence-electron chi connectivity index (χ3n) is 4.26. The predicted molar refractivity (Wildman–Crippen MR) is 78.3 cm³/mol. The summed E-state index contributed by atoms with van der Waals surface area (Å²) in [6.07, 6.45) is 3.41. The molecule has 1 unspecified atom stereocenters. The number of fused-ring (bicyclic) bond motifs is 1. The number of likely N-dealkylation sites (N-methyl/N-ethyl adjacent to an activating group) is 1. The Balaban J connectivity index is 2.27. The van der Waals surface area contributed by atoms with Crippen molar-refractivity contribution in [2.75, 3.05) is 27.3 Å². The van der Waals surface area contributed by atoms with Gasteiger partial charge in [0.1, 0.15) is 0 Å². The number of methoxy groups -OCH3 is 2. The second-order valence-electron chi connectivity index (χ2n) is 5.06. The lowest BCUT2D eigenvalue weighted by Gasteiger charge is -2.34. The predicted octanol–water partition coefficient (Wildman–Crippen LogP) is 2.90. The third-order valence-corrected chi connectivity index (χ3v) is 4.26. The SMILES string of the molecule is CCN(CC)C1CCc2c(ccc(OC)c2OC)C1. The summed E-state index contributed by atoms with van der Waals surface area (Å²) in [7, 11) is 3.43. The molecule has 3 heteroatoms. The first-order valence-corrected chi connectivity index (χ1v) is 7.21. The van der Waals surface area contributed by atoms with Crippen LogP contribution in [0.15, 0.2) is 12.1 Å². The fraction of sp³-hybridized carbons (Fsp3) is 0.625. The molecular weight excluding hydrogens is 238 g/mol. The summed E-state index contributed by atoms with van der Waals surface area (Å²) in [6.45, 7) is 6.74. The molecule has 0 radical (unpaired) electrons. The Morgan fingerprint density at radius 1 is 1.16 bits per heavy atom. The van der Waals surface area contributed by atoms with E-state index in [1.54, 1.807) is 14.2 Å². The number of rotatable bonds is 5. The Hall–Kier alpha value is -1.22. The van der Waals surface area contributed by atoms with E-state index in [1.165, 1.54) is 17.5 Å². The van der Waals surface area contributed by atoms with Crippen LogP contribution in [0.1, 0.15) is 31.4 Å². The summed E-state index contributed by atoms with van der Waals surface area (Å²) in [5.41, 5.74) is 2.76. The first-order chi connectivity index (χ1) is 9.24. The number of nitrogens with zero attached hydrogens (tertiary/aromatic N) is 1. The zero-order chi connectivity index (χ0) is 13.8. The number of ether oxygens (including phenoxy) is 2. The molecule has 1 aromatic carbocycles. The van der Waals surface area contributed by atoms with Crippen molar-refractivity contribution in [1.82, 2.24) is 4.90 Å². The summed E-state index contributed by atoms with van der Waals surface area (Å²) in [5, 5.41) is 0. The fourth-order valence-corrected chi connectivity index (χ4v) is 3.22. The second-order valence-corrected chi connectivity index (χ2v) is 5.06. The third kappa shape index (κ3) is 2.71. The number of hydrogen-bond acceptors (Lipinski definition) is 3. The van der Waals surface area contributed by atoms with E-state index in [9.17, 15) is 0 Å². The maximum absolute atomic E-state index is 5.54. The van der Waals surface area contributed by atoms with Crippen molar-refractivity contribution in [3.63, 3.8) is 0 Å². The van der Waals surface area contributed by atoms with Gasteiger partial charge in [-0.15, -0.1) is 0 Å². The van der Waals surface area contributed by atoms with Gasteiger partial charge in [-0.1, -0.05) is 19.9 Å². The van der Waals surface area contributed by atoms with Crippen molar-refractivity contribution in [3.8, 4) is 11.5 Å². The highest BCUT2D eigenvalue weighted by molar-refractivity contribution is 5.52. The van der Waals surface area contributed by atoms with Crippen LogP contribution in [0.3, 0.4) is 0 Å². The lowest BCUT2D eigenvalue weighted by atomic mass is 9.86. The van der Waals surface area contributed by atoms with Crippen molar-refractivity contribution in [1.29, 1.82) is 0 Å². The van der Waals surface area contributed by atoms with Crippen molar-refractivity contribution < 1.29 is 9.47 Å². The molecule has 0 aromatic heterocycles. The minimum absolute atomic E-state index is 0.667. The normalized spacial score (nSPS) is 18.3. The Morgan fingerprint density at radius 2 is 1.89 bits per heavy atom. The smallest absolute Gasteiger partial charge is 0.164 e. The summed E-state index contributed by atoms with van der Waals surface area (Å²) < 4.78 is 10.9. The van der Waals surface area contributed by atoms with E-state index in [-0.39, 0.29) is 0 Å². The second kappa shape index (κ2) is 6.29. The summed E-state index contributed by atoms with van der Waals surface area (Å²) in [5.74, 6) is 1.78. The van der Waals surface area contributed by atoms with Gasteiger partial charge in [0.05, 0.1) is 14.2 Å². The van der Waals surface area contributed by atoms with Crippen molar-refractivity contribution in [3.05, 3.63) is 23.3 Å². The van der Waals surface area contributed by atoms with Gasteiger partial charge in [0.25, 0.3) is 0 Å². The molecule has 0 saturated carbocycles. The quantitative estimate of drug-likeness (QED) is 0.815. The van der Waals surface area contributed by atoms with Gasteiger partial charge in [0.15, 0.2) is 11.5 Å². The van der Waals surface area contributed by atoms with E-state index < -0.39 is 0 Å². The molecule has 3 nitrogen and oxygen atoms in total. The Morgan fingerprint density at radius 3 is 2.47 bits per heavy atom. The molecule has 0 N–H and O–H groups in total. The molecule has 2 rings (SSSR count). The van der Waals surface area contributed by atoms with Gasteiger partial charge >= 0.3 is 0 Å². The van der Waals surface area contributed by atoms with E-state index in [4.69, 9.17) is 9.47 Å². The van der Waals surface area contributed by atoms with Crippen LogP contribution in [-0.2, 0) is 12.8 Å². The van der Waals surface area contributed by atoms with Crippen molar-refractivity contribution in [2.45, 2.75) is 39.2 Å². The largest absolute Gasteiger partial charge is 0.493 e. The molecule has 19 heavy (non-hydrogen) atoms. The molecule has 0 fully saturated rings. The molecule has 0 heterocycles. The molecule has 0 saturated heterocycles. The minimum Gasteiger partial charge on any atom is -0.493 e. The molecule has 1 aliphatic carbocycles. The van der Waals surface area contributed by atoms with Crippen LogP contribution in [0.4, 0.5) is 0 Å². The Labute approximate surface area is 116 Å². The van der Waals surface area contributed by atoms with Crippen LogP contribution in [0.2, 0.25) is 0 Å². The lowest BCUT2D eigenvalue weighted by Crippen LogP contribution is -2.39. The van der Waals surface area contributed by atoms with Gasteiger partial charge in [-0.2, -0.15) is 0 Å². The zero-order valence-corrected chi connectivity index (χ0v) is 12.5. The van der Waals surface area contributed by atoms with Crippen LogP contribution in [0.5, 0.6) is 11.5 Å². The van der Waals surface area contributed by atoms with Crippen molar-refractivity contribution >= 4 is 0 Å². The average molecular weight is 263 g/mol. The van der Waals surface area contributed by atoms with Gasteiger partial charge < -0.3 is 14.4 Å². The van der Waals surface area contributed by atoms with Gasteiger partial charge in [-0.05, 0) is 44.0 Å². The highest BCUT2D eigenvalue weighted by Gasteiger charge is 2.26. The topological polar surface area (TPSA) is 21.7 Å². The molecule has 1 aliphatic rings. The van der Waals surface area contributed by atoms with E-state index in [0.717, 1.165) is 37.4 Å². The van der Waals surface area contributed by atoms with E-state index in [1.807, 2.05) is 6.07 Å². The highest BCUT2D eigenvalue weighted by Crippen LogP contribution is 2.38. The van der Waals surface area contributed by atoms with E-state index >= 15 is 0 Å². The molecule has 106 valence electrons. The highest BCUT2D eigenvalue weighted by atomic mass is 16.5. The number of hydrogen-bond donors (Lipinski definition) is 0. The van der Waals surface area contributed by atoms with Crippen LogP contribution < -0.4 is 9.47 Å². The molecule has 0 amide bonds. The van der Waals surface area contributed by atoms with Crippen LogP contribution in [0, 0.1) is 0 Å². The molecular formula is C16H25NO2.